The van der Waals surface area contributed by atoms with Crippen LogP contribution < -0.4 is 29.6 Å². The minimum absolute atomic E-state index is 0. The van der Waals surface area contributed by atoms with E-state index in [1.807, 2.05) is 31.2 Å². The van der Waals surface area contributed by atoms with E-state index in [-0.39, 0.29) is 24.3 Å². The molecule has 6 N–H and O–H groups in total. The summed E-state index contributed by atoms with van der Waals surface area (Å²) in [6, 6.07) is 7.54. The van der Waals surface area contributed by atoms with Crippen LogP contribution in [-0.2, 0) is 0 Å². The van der Waals surface area contributed by atoms with Crippen molar-refractivity contribution < 1.29 is 12.4 Å². The Bertz CT molecular complexity index is 365. The van der Waals surface area contributed by atoms with Gasteiger partial charge in [-0.05, 0) is 19.1 Å². The van der Waals surface area contributed by atoms with Crippen LogP contribution in [0.5, 0.6) is 0 Å². The van der Waals surface area contributed by atoms with Gasteiger partial charge in [-0.2, -0.15) is 4.99 Å². The molecule has 0 aliphatic heterocycles. The Hall–Kier alpha value is -1.75. The summed E-state index contributed by atoms with van der Waals surface area (Å²) in [4.78, 5) is 7.58. The van der Waals surface area contributed by atoms with E-state index in [4.69, 9.17) is 17.2 Å². The van der Waals surface area contributed by atoms with Gasteiger partial charge in [-0.15, -0.1) is 0 Å². The largest absolute Gasteiger partial charge is 1.00 e. The Kier molecular flexibility index (Phi) is 5.19. The van der Waals surface area contributed by atoms with Crippen molar-refractivity contribution in [2.75, 3.05) is 0 Å². The lowest BCUT2D eigenvalue weighted by Gasteiger charge is -1.96. The van der Waals surface area contributed by atoms with E-state index in [2.05, 4.69) is 9.98 Å². The second kappa shape index (κ2) is 5.87. The van der Waals surface area contributed by atoms with Crippen molar-refractivity contribution in [2.45, 2.75) is 6.92 Å². The van der Waals surface area contributed by atoms with Crippen LogP contribution in [0.15, 0.2) is 34.3 Å². The maximum absolute atomic E-state index is 5.45. The Labute approximate surface area is 94.5 Å². The SMILES string of the molecule is Cc1ccc(N=C(N)N=C(N)N)cc1.[Cl-]. The zero-order valence-electron chi connectivity index (χ0n) is 8.31. The molecule has 0 aromatic heterocycles. The lowest BCUT2D eigenvalue weighted by atomic mass is 10.2. The van der Waals surface area contributed by atoms with Gasteiger partial charge in [0.1, 0.15) is 0 Å². The number of nitrogens with zero attached hydrogens (tertiary/aromatic N) is 2. The standard InChI is InChI=1S/C9H13N5.ClH/c1-6-2-4-7(5-3-6)13-9(12)14-8(10)11;/h2-5H,1H3,(H6,10,11,12,13,14);1H/p-1. The summed E-state index contributed by atoms with van der Waals surface area (Å²) in [6.07, 6.45) is 0. The van der Waals surface area contributed by atoms with E-state index in [0.29, 0.717) is 0 Å². The van der Waals surface area contributed by atoms with Gasteiger partial charge in [-0.1, -0.05) is 17.7 Å². The second-order valence-electron chi connectivity index (χ2n) is 2.84. The van der Waals surface area contributed by atoms with Crippen molar-refractivity contribution in [3.8, 4) is 0 Å². The molecular formula is C9H13ClN5-. The fourth-order valence-corrected chi connectivity index (χ4v) is 0.909. The average Bonchev–Trinajstić information content (AvgIpc) is 2.07. The third-order valence-corrected chi connectivity index (χ3v) is 1.52. The minimum Gasteiger partial charge on any atom is -1.00 e. The summed E-state index contributed by atoms with van der Waals surface area (Å²) < 4.78 is 0. The van der Waals surface area contributed by atoms with E-state index in [9.17, 15) is 0 Å². The molecule has 0 bridgehead atoms. The molecule has 1 aromatic rings. The summed E-state index contributed by atoms with van der Waals surface area (Å²) in [7, 11) is 0. The molecule has 0 radical (unpaired) electrons. The first-order chi connectivity index (χ1) is 6.58. The first-order valence-electron chi connectivity index (χ1n) is 4.08. The van der Waals surface area contributed by atoms with Gasteiger partial charge in [0.15, 0.2) is 5.96 Å². The summed E-state index contributed by atoms with van der Waals surface area (Å²) in [5.41, 5.74) is 17.6. The number of hydrogen-bond donors (Lipinski definition) is 3. The lowest BCUT2D eigenvalue weighted by Crippen LogP contribution is -3.00. The van der Waals surface area contributed by atoms with Crippen molar-refractivity contribution in [1.29, 1.82) is 0 Å². The highest BCUT2D eigenvalue weighted by Crippen LogP contribution is 2.11. The van der Waals surface area contributed by atoms with Gasteiger partial charge in [0.05, 0.1) is 5.69 Å². The molecule has 0 heterocycles. The number of guanidine groups is 2. The van der Waals surface area contributed by atoms with Crippen LogP contribution >= 0.6 is 0 Å². The van der Waals surface area contributed by atoms with Crippen molar-refractivity contribution in [3.63, 3.8) is 0 Å². The zero-order valence-corrected chi connectivity index (χ0v) is 9.07. The van der Waals surface area contributed by atoms with Crippen molar-refractivity contribution >= 4 is 17.6 Å². The number of nitrogens with two attached hydrogens (primary N) is 3. The summed E-state index contributed by atoms with van der Waals surface area (Å²) >= 11 is 0. The van der Waals surface area contributed by atoms with Crippen molar-refractivity contribution in [2.24, 2.45) is 27.2 Å². The van der Waals surface area contributed by atoms with Crippen LogP contribution in [0, 0.1) is 6.92 Å². The van der Waals surface area contributed by atoms with Gasteiger partial charge in [0.2, 0.25) is 5.96 Å². The average molecular weight is 227 g/mol. The maximum Gasteiger partial charge on any atom is 0.223 e. The van der Waals surface area contributed by atoms with Crippen LogP contribution in [0.4, 0.5) is 5.69 Å². The first kappa shape index (κ1) is 13.2. The molecule has 0 aliphatic rings. The van der Waals surface area contributed by atoms with Crippen LogP contribution in [0.25, 0.3) is 0 Å². The van der Waals surface area contributed by atoms with Gasteiger partial charge >= 0.3 is 0 Å². The summed E-state index contributed by atoms with van der Waals surface area (Å²) in [5, 5.41) is 0. The predicted molar refractivity (Wildman–Crippen MR) is 58.3 cm³/mol. The lowest BCUT2D eigenvalue weighted by molar-refractivity contribution is -0.00000354. The molecule has 0 aliphatic carbocycles. The molecule has 1 rings (SSSR count). The molecule has 0 spiro atoms. The number of halogens is 1. The van der Waals surface area contributed by atoms with Gasteiger partial charge in [-0.3, -0.25) is 0 Å². The molecule has 0 saturated carbocycles. The Morgan fingerprint density at radius 2 is 1.60 bits per heavy atom. The predicted octanol–water partition coefficient (Wildman–Crippen LogP) is -2.78. The van der Waals surface area contributed by atoms with E-state index in [1.54, 1.807) is 0 Å². The fourth-order valence-electron chi connectivity index (χ4n) is 0.909. The topological polar surface area (TPSA) is 103 Å². The summed E-state index contributed by atoms with van der Waals surface area (Å²) in [6.45, 7) is 1.99. The molecule has 0 fully saturated rings. The van der Waals surface area contributed by atoms with Crippen LogP contribution in [0.3, 0.4) is 0 Å². The number of hydrogen-bond acceptors (Lipinski definition) is 1. The van der Waals surface area contributed by atoms with Gasteiger partial charge in [0.25, 0.3) is 0 Å². The highest BCUT2D eigenvalue weighted by molar-refractivity contribution is 5.93. The zero-order chi connectivity index (χ0) is 10.6. The van der Waals surface area contributed by atoms with E-state index >= 15 is 0 Å². The number of aliphatic imine (C=N–C) groups is 2. The molecular weight excluding hydrogens is 214 g/mol. The molecule has 0 saturated heterocycles. The molecule has 0 atom stereocenters. The van der Waals surface area contributed by atoms with E-state index < -0.39 is 0 Å². The summed E-state index contributed by atoms with van der Waals surface area (Å²) in [5.74, 6) is -0.0489. The van der Waals surface area contributed by atoms with Crippen LogP contribution in [-0.4, -0.2) is 11.9 Å². The highest BCUT2D eigenvalue weighted by atomic mass is 35.5. The number of rotatable bonds is 1. The van der Waals surface area contributed by atoms with E-state index in [1.165, 1.54) is 0 Å². The fraction of sp³-hybridized carbons (Fsp3) is 0.111. The Morgan fingerprint density at radius 1 is 1.07 bits per heavy atom. The maximum atomic E-state index is 5.45. The van der Waals surface area contributed by atoms with Crippen molar-refractivity contribution in [1.82, 2.24) is 0 Å². The second-order valence-corrected chi connectivity index (χ2v) is 2.84. The number of benzene rings is 1. The molecule has 0 amide bonds. The Morgan fingerprint density at radius 3 is 2.07 bits per heavy atom. The van der Waals surface area contributed by atoms with Gasteiger partial charge in [-0.25, -0.2) is 4.99 Å². The first-order valence-corrected chi connectivity index (χ1v) is 4.08. The molecule has 15 heavy (non-hydrogen) atoms. The van der Waals surface area contributed by atoms with Gasteiger partial charge in [0, 0.05) is 0 Å². The molecule has 6 heteroatoms. The molecule has 0 unspecified atom stereocenters. The molecule has 5 nitrogen and oxygen atoms in total. The van der Waals surface area contributed by atoms with Crippen LogP contribution in [0.1, 0.15) is 5.56 Å². The monoisotopic (exact) mass is 226 g/mol. The smallest absolute Gasteiger partial charge is 0.223 e. The third kappa shape index (κ3) is 4.87. The molecule has 1 aromatic carbocycles. The third-order valence-electron chi connectivity index (χ3n) is 1.52. The normalized spacial score (nSPS) is 10.3. The van der Waals surface area contributed by atoms with Crippen LogP contribution in [0.2, 0.25) is 0 Å². The van der Waals surface area contributed by atoms with E-state index in [0.717, 1.165) is 11.3 Å². The minimum atomic E-state index is -0.0987. The Balaban J connectivity index is 0.00000196. The van der Waals surface area contributed by atoms with Crippen molar-refractivity contribution in [3.05, 3.63) is 29.8 Å². The number of aryl methyl sites for hydroxylation is 1. The highest BCUT2D eigenvalue weighted by Gasteiger charge is 1.91. The molecule has 82 valence electrons. The quantitative estimate of drug-likeness (QED) is 0.357. The van der Waals surface area contributed by atoms with Gasteiger partial charge < -0.3 is 29.6 Å².